The molecule has 0 atom stereocenters. The molecule has 0 aliphatic carbocycles. The Morgan fingerprint density at radius 2 is 2.21 bits per heavy atom. The Morgan fingerprint density at radius 3 is 2.79 bits per heavy atom. The lowest BCUT2D eigenvalue weighted by Crippen LogP contribution is -2.14. The maximum atomic E-state index is 10.7. The number of thioether (sulfide) groups is 1. The molecule has 1 aromatic rings. The van der Waals surface area contributed by atoms with Gasteiger partial charge in [-0.3, -0.25) is 4.79 Å². The van der Waals surface area contributed by atoms with Gasteiger partial charge in [-0.1, -0.05) is 11.8 Å². The molecule has 14 heavy (non-hydrogen) atoms. The SMILES string of the molecule is CC(=O)SCc1ncnc(N(C)C)n1. The van der Waals surface area contributed by atoms with E-state index in [0.717, 1.165) is 0 Å². The number of anilines is 1. The summed E-state index contributed by atoms with van der Waals surface area (Å²) in [6.07, 6.45) is 1.46. The normalized spacial score (nSPS) is 9.93. The van der Waals surface area contributed by atoms with E-state index in [-0.39, 0.29) is 5.12 Å². The fourth-order valence-electron chi connectivity index (χ4n) is 0.772. The van der Waals surface area contributed by atoms with Gasteiger partial charge in [-0.05, 0) is 0 Å². The van der Waals surface area contributed by atoms with Crippen molar-refractivity contribution in [2.24, 2.45) is 0 Å². The molecule has 0 aliphatic heterocycles. The summed E-state index contributed by atoms with van der Waals surface area (Å²) in [5, 5.41) is 0.0665. The summed E-state index contributed by atoms with van der Waals surface area (Å²) in [7, 11) is 3.72. The monoisotopic (exact) mass is 212 g/mol. The first-order chi connectivity index (χ1) is 6.59. The van der Waals surface area contributed by atoms with E-state index >= 15 is 0 Å². The zero-order valence-corrected chi connectivity index (χ0v) is 9.21. The summed E-state index contributed by atoms with van der Waals surface area (Å²) in [5.74, 6) is 1.74. The van der Waals surface area contributed by atoms with Gasteiger partial charge >= 0.3 is 0 Å². The molecular weight excluding hydrogens is 200 g/mol. The summed E-state index contributed by atoms with van der Waals surface area (Å²) in [5.41, 5.74) is 0. The van der Waals surface area contributed by atoms with Gasteiger partial charge in [-0.25, -0.2) is 9.97 Å². The molecule has 0 radical (unpaired) electrons. The summed E-state index contributed by atoms with van der Waals surface area (Å²) in [6, 6.07) is 0. The van der Waals surface area contributed by atoms with Crippen molar-refractivity contribution in [2.45, 2.75) is 12.7 Å². The van der Waals surface area contributed by atoms with Gasteiger partial charge in [0.2, 0.25) is 5.95 Å². The standard InChI is InChI=1S/C8H12N4OS/c1-6(13)14-4-7-9-5-10-8(11-7)12(2)3/h5H,4H2,1-3H3. The molecule has 0 aromatic carbocycles. The number of carbonyl (C=O) groups excluding carboxylic acids is 1. The number of carbonyl (C=O) groups is 1. The Hall–Kier alpha value is -1.17. The van der Waals surface area contributed by atoms with Crippen LogP contribution in [0.2, 0.25) is 0 Å². The first kappa shape index (κ1) is 10.9. The van der Waals surface area contributed by atoms with Crippen LogP contribution in [-0.4, -0.2) is 34.2 Å². The molecule has 76 valence electrons. The molecule has 6 heteroatoms. The average molecular weight is 212 g/mol. The maximum absolute atomic E-state index is 10.7. The highest BCUT2D eigenvalue weighted by atomic mass is 32.2. The van der Waals surface area contributed by atoms with Crippen molar-refractivity contribution >= 4 is 22.8 Å². The van der Waals surface area contributed by atoms with Crippen molar-refractivity contribution in [3.8, 4) is 0 Å². The molecule has 0 saturated carbocycles. The van der Waals surface area contributed by atoms with E-state index in [2.05, 4.69) is 15.0 Å². The molecule has 0 unspecified atom stereocenters. The first-order valence-corrected chi connectivity index (χ1v) is 5.06. The van der Waals surface area contributed by atoms with Crippen LogP contribution in [0.3, 0.4) is 0 Å². The Kier molecular flexibility index (Phi) is 3.82. The van der Waals surface area contributed by atoms with Crippen LogP contribution in [-0.2, 0) is 10.5 Å². The maximum Gasteiger partial charge on any atom is 0.228 e. The van der Waals surface area contributed by atoms with E-state index in [9.17, 15) is 4.79 Å². The van der Waals surface area contributed by atoms with E-state index < -0.39 is 0 Å². The number of hydrogen-bond acceptors (Lipinski definition) is 6. The largest absolute Gasteiger partial charge is 0.347 e. The van der Waals surface area contributed by atoms with Crippen LogP contribution in [0.25, 0.3) is 0 Å². The van der Waals surface area contributed by atoms with Crippen LogP contribution >= 0.6 is 11.8 Å². The fourth-order valence-corrected chi connectivity index (χ4v) is 1.24. The van der Waals surface area contributed by atoms with Crippen LogP contribution in [0.5, 0.6) is 0 Å². The zero-order chi connectivity index (χ0) is 10.6. The minimum absolute atomic E-state index is 0.0665. The second-order valence-electron chi connectivity index (χ2n) is 2.88. The second-order valence-corrected chi connectivity index (χ2v) is 4.03. The lowest BCUT2D eigenvalue weighted by molar-refractivity contribution is -0.109. The molecule has 5 nitrogen and oxygen atoms in total. The van der Waals surface area contributed by atoms with E-state index in [1.54, 1.807) is 4.90 Å². The molecule has 0 N–H and O–H groups in total. The Bertz CT molecular complexity index is 329. The molecule has 1 rings (SSSR count). The zero-order valence-electron chi connectivity index (χ0n) is 8.39. The Labute approximate surface area is 87.0 Å². The third-order valence-corrected chi connectivity index (χ3v) is 2.22. The Morgan fingerprint density at radius 1 is 1.50 bits per heavy atom. The van der Waals surface area contributed by atoms with Gasteiger partial charge in [0.15, 0.2) is 5.12 Å². The third-order valence-electron chi connectivity index (χ3n) is 1.41. The van der Waals surface area contributed by atoms with Crippen LogP contribution in [0.4, 0.5) is 5.95 Å². The Balaban J connectivity index is 2.68. The predicted octanol–water partition coefficient (Wildman–Crippen LogP) is 0.717. The number of aromatic nitrogens is 3. The van der Waals surface area contributed by atoms with Gasteiger partial charge < -0.3 is 4.90 Å². The van der Waals surface area contributed by atoms with Crippen molar-refractivity contribution in [2.75, 3.05) is 19.0 Å². The highest BCUT2D eigenvalue weighted by molar-refractivity contribution is 8.12. The highest BCUT2D eigenvalue weighted by Crippen LogP contribution is 2.10. The molecule has 0 fully saturated rings. The minimum atomic E-state index is 0.0665. The predicted molar refractivity (Wildman–Crippen MR) is 56.1 cm³/mol. The fraction of sp³-hybridized carbons (Fsp3) is 0.500. The number of nitrogens with zero attached hydrogens (tertiary/aromatic N) is 4. The second kappa shape index (κ2) is 4.90. The third kappa shape index (κ3) is 3.29. The van der Waals surface area contributed by atoms with Crippen molar-refractivity contribution in [3.63, 3.8) is 0 Å². The number of hydrogen-bond donors (Lipinski definition) is 0. The van der Waals surface area contributed by atoms with Crippen molar-refractivity contribution < 1.29 is 4.79 Å². The van der Waals surface area contributed by atoms with Gasteiger partial charge in [0, 0.05) is 21.0 Å². The molecule has 0 bridgehead atoms. The van der Waals surface area contributed by atoms with Gasteiger partial charge in [0.1, 0.15) is 12.2 Å². The first-order valence-electron chi connectivity index (χ1n) is 4.08. The number of rotatable bonds is 3. The lowest BCUT2D eigenvalue weighted by Gasteiger charge is -2.09. The van der Waals surface area contributed by atoms with Crippen LogP contribution in [0, 0.1) is 0 Å². The van der Waals surface area contributed by atoms with Crippen molar-refractivity contribution in [1.29, 1.82) is 0 Å². The topological polar surface area (TPSA) is 59.0 Å². The van der Waals surface area contributed by atoms with E-state index in [4.69, 9.17) is 0 Å². The minimum Gasteiger partial charge on any atom is -0.347 e. The van der Waals surface area contributed by atoms with Crippen molar-refractivity contribution in [1.82, 2.24) is 15.0 Å². The lowest BCUT2D eigenvalue weighted by atomic mass is 10.7. The summed E-state index contributed by atoms with van der Waals surface area (Å²) in [4.78, 5) is 24.6. The highest BCUT2D eigenvalue weighted by Gasteiger charge is 2.03. The van der Waals surface area contributed by atoms with Crippen molar-refractivity contribution in [3.05, 3.63) is 12.2 Å². The van der Waals surface area contributed by atoms with E-state index in [1.165, 1.54) is 25.0 Å². The molecule has 1 heterocycles. The van der Waals surface area contributed by atoms with Gasteiger partial charge in [0.05, 0.1) is 5.75 Å². The van der Waals surface area contributed by atoms with Gasteiger partial charge in [-0.2, -0.15) is 4.98 Å². The van der Waals surface area contributed by atoms with Crippen LogP contribution in [0.1, 0.15) is 12.7 Å². The molecule has 0 amide bonds. The summed E-state index contributed by atoms with van der Waals surface area (Å²) < 4.78 is 0. The van der Waals surface area contributed by atoms with E-state index in [1.807, 2.05) is 14.1 Å². The van der Waals surface area contributed by atoms with E-state index in [0.29, 0.717) is 17.5 Å². The summed E-state index contributed by atoms with van der Waals surface area (Å²) >= 11 is 1.19. The van der Waals surface area contributed by atoms with Crippen LogP contribution in [0.15, 0.2) is 6.33 Å². The van der Waals surface area contributed by atoms with Gasteiger partial charge in [-0.15, -0.1) is 0 Å². The molecule has 0 spiro atoms. The van der Waals surface area contributed by atoms with Crippen LogP contribution < -0.4 is 4.90 Å². The van der Waals surface area contributed by atoms with Gasteiger partial charge in [0.25, 0.3) is 0 Å². The smallest absolute Gasteiger partial charge is 0.228 e. The molecule has 0 aliphatic rings. The quantitative estimate of drug-likeness (QED) is 0.735. The molecular formula is C8H12N4OS. The molecule has 0 saturated heterocycles. The average Bonchev–Trinajstić information content (AvgIpc) is 2.15. The summed E-state index contributed by atoms with van der Waals surface area (Å²) in [6.45, 7) is 1.53. The molecule has 1 aromatic heterocycles.